The quantitative estimate of drug-likeness (QED) is 0.666. The van der Waals surface area contributed by atoms with Crippen LogP contribution in [0.4, 0.5) is 31.8 Å². The van der Waals surface area contributed by atoms with Crippen molar-refractivity contribution in [2.45, 2.75) is 6.92 Å². The maximum atomic E-state index is 13.6. The van der Waals surface area contributed by atoms with Crippen LogP contribution in [0.15, 0.2) is 24.3 Å². The molecule has 0 amide bonds. The number of rotatable bonds is 3. The zero-order valence-corrected chi connectivity index (χ0v) is 10.4. The smallest absolute Gasteiger partial charge is 0.311 e. The molecule has 8 heteroatoms. The van der Waals surface area contributed by atoms with Crippen LogP contribution in [0, 0.1) is 28.7 Å². The maximum absolute atomic E-state index is 13.6. The van der Waals surface area contributed by atoms with Crippen molar-refractivity contribution in [1.82, 2.24) is 4.98 Å². The molecule has 0 bridgehead atoms. The molecule has 1 aromatic carbocycles. The molecule has 1 aromatic heterocycles. The Morgan fingerprint density at radius 2 is 2.00 bits per heavy atom. The molecule has 0 aliphatic carbocycles. The molecular formula is C12H10F2N4O2. The van der Waals surface area contributed by atoms with Crippen LogP contribution >= 0.6 is 0 Å². The lowest BCUT2D eigenvalue weighted by atomic mass is 10.2. The summed E-state index contributed by atoms with van der Waals surface area (Å²) in [5, 5.41) is 13.1. The highest BCUT2D eigenvalue weighted by molar-refractivity contribution is 5.63. The van der Waals surface area contributed by atoms with Gasteiger partial charge < -0.3 is 11.1 Å². The molecule has 104 valence electrons. The van der Waals surface area contributed by atoms with E-state index in [-0.39, 0.29) is 28.6 Å². The number of nitrogens with one attached hydrogen (secondary N) is 1. The second-order valence-electron chi connectivity index (χ2n) is 4.06. The monoisotopic (exact) mass is 280 g/mol. The van der Waals surface area contributed by atoms with Crippen LogP contribution in [0.3, 0.4) is 0 Å². The number of nitrogens with zero attached hydrogens (tertiary/aromatic N) is 2. The first kappa shape index (κ1) is 13.7. The molecule has 0 spiro atoms. The highest BCUT2D eigenvalue weighted by Gasteiger charge is 2.14. The predicted octanol–water partition coefficient (Wildman–Crippen LogP) is 2.90. The molecule has 0 unspecified atom stereocenters. The number of pyridine rings is 1. The van der Waals surface area contributed by atoms with Gasteiger partial charge in [0.05, 0.1) is 10.6 Å². The van der Waals surface area contributed by atoms with E-state index in [4.69, 9.17) is 5.73 Å². The van der Waals surface area contributed by atoms with Gasteiger partial charge in [0.2, 0.25) is 5.82 Å². The predicted molar refractivity (Wildman–Crippen MR) is 69.7 cm³/mol. The summed E-state index contributed by atoms with van der Waals surface area (Å²) in [7, 11) is 0. The number of benzene rings is 1. The summed E-state index contributed by atoms with van der Waals surface area (Å²) in [6.07, 6.45) is 0. The van der Waals surface area contributed by atoms with Crippen LogP contribution in [0.5, 0.6) is 0 Å². The van der Waals surface area contributed by atoms with Crippen molar-refractivity contribution in [1.29, 1.82) is 0 Å². The van der Waals surface area contributed by atoms with Gasteiger partial charge in [-0.3, -0.25) is 10.1 Å². The minimum atomic E-state index is -0.682. The summed E-state index contributed by atoms with van der Waals surface area (Å²) in [4.78, 5) is 13.6. The minimum Gasteiger partial charge on any atom is -0.378 e. The molecule has 3 N–H and O–H groups in total. The molecule has 6 nitrogen and oxygen atoms in total. The van der Waals surface area contributed by atoms with Crippen molar-refractivity contribution in [3.8, 4) is 0 Å². The number of nitro groups is 1. The molecule has 20 heavy (non-hydrogen) atoms. The zero-order valence-electron chi connectivity index (χ0n) is 10.4. The van der Waals surface area contributed by atoms with Crippen molar-refractivity contribution in [2.75, 3.05) is 11.1 Å². The normalized spacial score (nSPS) is 10.3. The summed E-state index contributed by atoms with van der Waals surface area (Å²) >= 11 is 0. The largest absolute Gasteiger partial charge is 0.378 e. The van der Waals surface area contributed by atoms with E-state index in [1.807, 2.05) is 0 Å². The lowest BCUT2D eigenvalue weighted by Gasteiger charge is -2.08. The number of hydrogen-bond donors (Lipinski definition) is 2. The molecule has 0 atom stereocenters. The second-order valence-corrected chi connectivity index (χ2v) is 4.06. The average molecular weight is 280 g/mol. The van der Waals surface area contributed by atoms with E-state index in [1.165, 1.54) is 13.0 Å². The van der Waals surface area contributed by atoms with Gasteiger partial charge in [0.1, 0.15) is 17.5 Å². The van der Waals surface area contributed by atoms with Gasteiger partial charge in [-0.25, -0.2) is 13.8 Å². The van der Waals surface area contributed by atoms with E-state index in [0.29, 0.717) is 0 Å². The van der Waals surface area contributed by atoms with Gasteiger partial charge in [0, 0.05) is 12.1 Å². The summed E-state index contributed by atoms with van der Waals surface area (Å²) in [5.74, 6) is -1.48. The van der Waals surface area contributed by atoms with Crippen molar-refractivity contribution < 1.29 is 13.7 Å². The summed E-state index contributed by atoms with van der Waals surface area (Å²) in [6, 6.07) is 4.40. The van der Waals surface area contributed by atoms with E-state index in [1.54, 1.807) is 0 Å². The van der Waals surface area contributed by atoms with Crippen molar-refractivity contribution >= 4 is 23.0 Å². The topological polar surface area (TPSA) is 94.1 Å². The summed E-state index contributed by atoms with van der Waals surface area (Å²) < 4.78 is 27.0. The van der Waals surface area contributed by atoms with Crippen LogP contribution in [-0.2, 0) is 0 Å². The number of halogens is 2. The SMILES string of the molecule is Cc1cc(F)c(Nc2ccc([N+](=O)[O-])c(N)n2)cc1F. The van der Waals surface area contributed by atoms with Gasteiger partial charge in [-0.2, -0.15) is 0 Å². The first-order chi connectivity index (χ1) is 9.38. The molecule has 2 aromatic rings. The maximum Gasteiger partial charge on any atom is 0.311 e. The fraction of sp³-hybridized carbons (Fsp3) is 0.0833. The summed E-state index contributed by atoms with van der Waals surface area (Å²) in [6.45, 7) is 1.43. The Balaban J connectivity index is 2.33. The third kappa shape index (κ3) is 2.63. The molecule has 0 aliphatic rings. The number of aromatic nitrogens is 1. The molecule has 0 radical (unpaired) electrons. The molecule has 2 rings (SSSR count). The Hall–Kier alpha value is -2.77. The molecule has 0 fully saturated rings. The Kier molecular flexibility index (Phi) is 3.47. The Morgan fingerprint density at radius 3 is 2.60 bits per heavy atom. The average Bonchev–Trinajstić information content (AvgIpc) is 2.35. The van der Waals surface area contributed by atoms with Gasteiger partial charge in [-0.1, -0.05) is 0 Å². The number of nitrogen functional groups attached to an aromatic ring is 1. The number of hydrogen-bond acceptors (Lipinski definition) is 5. The highest BCUT2D eigenvalue weighted by atomic mass is 19.1. The van der Waals surface area contributed by atoms with E-state index in [9.17, 15) is 18.9 Å². The van der Waals surface area contributed by atoms with E-state index >= 15 is 0 Å². The first-order valence-corrected chi connectivity index (χ1v) is 5.52. The zero-order chi connectivity index (χ0) is 14.9. The van der Waals surface area contributed by atoms with Gasteiger partial charge in [-0.15, -0.1) is 0 Å². The Morgan fingerprint density at radius 1 is 1.30 bits per heavy atom. The van der Waals surface area contributed by atoms with Gasteiger partial charge in [0.15, 0.2) is 0 Å². The Bertz CT molecular complexity index is 691. The number of anilines is 3. The van der Waals surface area contributed by atoms with Crippen LogP contribution in [0.25, 0.3) is 0 Å². The molecule has 0 saturated carbocycles. The standard InChI is InChI=1S/C12H10F2N4O2/c1-6-4-8(14)9(5-7(6)13)16-11-3-2-10(18(19)20)12(15)17-11/h2-5H,1H3,(H3,15,16,17). The van der Waals surface area contributed by atoms with Crippen LogP contribution < -0.4 is 11.1 Å². The lowest BCUT2D eigenvalue weighted by Crippen LogP contribution is -2.03. The Labute approximate surface area is 112 Å². The number of nitrogens with two attached hydrogens (primary N) is 1. The van der Waals surface area contributed by atoms with E-state index in [0.717, 1.165) is 18.2 Å². The first-order valence-electron chi connectivity index (χ1n) is 5.52. The molecule has 1 heterocycles. The molecular weight excluding hydrogens is 270 g/mol. The van der Waals surface area contributed by atoms with Crippen LogP contribution in [-0.4, -0.2) is 9.91 Å². The van der Waals surface area contributed by atoms with E-state index < -0.39 is 16.6 Å². The fourth-order valence-electron chi connectivity index (χ4n) is 1.57. The van der Waals surface area contributed by atoms with Gasteiger partial charge in [0.25, 0.3) is 0 Å². The third-order valence-electron chi connectivity index (χ3n) is 2.61. The lowest BCUT2D eigenvalue weighted by molar-refractivity contribution is -0.384. The van der Waals surface area contributed by atoms with Crippen molar-refractivity contribution in [3.63, 3.8) is 0 Å². The molecule has 0 saturated heterocycles. The van der Waals surface area contributed by atoms with Gasteiger partial charge in [-0.05, 0) is 24.6 Å². The molecule has 0 aliphatic heterocycles. The highest BCUT2D eigenvalue weighted by Crippen LogP contribution is 2.25. The summed E-state index contributed by atoms with van der Waals surface area (Å²) in [5.41, 5.74) is 5.09. The third-order valence-corrected chi connectivity index (χ3v) is 2.61. The van der Waals surface area contributed by atoms with Crippen LogP contribution in [0.1, 0.15) is 5.56 Å². The minimum absolute atomic E-state index is 0.0789. The number of aryl methyl sites for hydroxylation is 1. The fourth-order valence-corrected chi connectivity index (χ4v) is 1.57. The second kappa shape index (κ2) is 5.08. The van der Waals surface area contributed by atoms with Crippen LogP contribution in [0.2, 0.25) is 0 Å². The van der Waals surface area contributed by atoms with E-state index in [2.05, 4.69) is 10.3 Å². The van der Waals surface area contributed by atoms with Crippen molar-refractivity contribution in [2.24, 2.45) is 0 Å². The van der Waals surface area contributed by atoms with Crippen molar-refractivity contribution in [3.05, 3.63) is 51.6 Å². The van der Waals surface area contributed by atoms with Gasteiger partial charge >= 0.3 is 5.69 Å².